The van der Waals surface area contributed by atoms with E-state index in [0.717, 1.165) is 6.42 Å². The SMILES string of the molecule is CCCN1C(C)=NS(=O)(=O)c2cc(C(N)=O)ccc21. The molecule has 2 rings (SSSR count). The molecule has 1 amide bonds. The minimum Gasteiger partial charge on any atom is -0.366 e. The van der Waals surface area contributed by atoms with Crippen molar-refractivity contribution in [2.24, 2.45) is 10.1 Å². The Bertz CT molecular complexity index is 665. The van der Waals surface area contributed by atoms with Crippen LogP contribution in [0.25, 0.3) is 0 Å². The molecule has 19 heavy (non-hydrogen) atoms. The van der Waals surface area contributed by atoms with Crippen LogP contribution in [0, 0.1) is 0 Å². The van der Waals surface area contributed by atoms with Crippen molar-refractivity contribution in [2.45, 2.75) is 25.2 Å². The zero-order valence-corrected chi connectivity index (χ0v) is 11.6. The summed E-state index contributed by atoms with van der Waals surface area (Å²) in [6, 6.07) is 4.41. The van der Waals surface area contributed by atoms with E-state index in [1.165, 1.54) is 12.1 Å². The maximum atomic E-state index is 12.0. The average molecular weight is 281 g/mol. The van der Waals surface area contributed by atoms with Gasteiger partial charge in [0.2, 0.25) is 5.91 Å². The first-order valence-electron chi connectivity index (χ1n) is 5.90. The second kappa shape index (κ2) is 4.65. The molecule has 2 N–H and O–H groups in total. The molecule has 0 atom stereocenters. The summed E-state index contributed by atoms with van der Waals surface area (Å²) in [4.78, 5) is 13.0. The molecule has 1 aromatic carbocycles. The van der Waals surface area contributed by atoms with Crippen LogP contribution in [-0.2, 0) is 10.0 Å². The second-order valence-electron chi connectivity index (χ2n) is 4.31. The first-order chi connectivity index (χ1) is 8.86. The number of nitrogens with two attached hydrogens (primary N) is 1. The maximum absolute atomic E-state index is 12.0. The Morgan fingerprint density at radius 1 is 1.42 bits per heavy atom. The molecule has 1 aliphatic rings. The summed E-state index contributed by atoms with van der Waals surface area (Å²) in [5, 5.41) is 0. The number of benzene rings is 1. The summed E-state index contributed by atoms with van der Waals surface area (Å²) in [5.41, 5.74) is 5.87. The molecule has 102 valence electrons. The Morgan fingerprint density at radius 3 is 2.68 bits per heavy atom. The molecule has 6 nitrogen and oxygen atoms in total. The van der Waals surface area contributed by atoms with Gasteiger partial charge < -0.3 is 10.6 Å². The average Bonchev–Trinajstić information content (AvgIpc) is 2.33. The number of hydrogen-bond acceptors (Lipinski definition) is 4. The molecular weight excluding hydrogens is 266 g/mol. The fourth-order valence-corrected chi connectivity index (χ4v) is 3.31. The maximum Gasteiger partial charge on any atom is 0.286 e. The van der Waals surface area contributed by atoms with Crippen molar-refractivity contribution < 1.29 is 13.2 Å². The molecule has 0 bridgehead atoms. The summed E-state index contributed by atoms with van der Waals surface area (Å²) in [7, 11) is -3.76. The van der Waals surface area contributed by atoms with Crippen LogP contribution in [0.15, 0.2) is 27.5 Å². The number of amidine groups is 1. The van der Waals surface area contributed by atoms with Gasteiger partial charge in [-0.2, -0.15) is 8.42 Å². The highest BCUT2D eigenvalue weighted by molar-refractivity contribution is 7.90. The van der Waals surface area contributed by atoms with Crippen molar-refractivity contribution in [1.82, 2.24) is 0 Å². The van der Waals surface area contributed by atoms with Crippen LogP contribution in [0.2, 0.25) is 0 Å². The molecule has 0 radical (unpaired) electrons. The van der Waals surface area contributed by atoms with E-state index in [9.17, 15) is 13.2 Å². The lowest BCUT2D eigenvalue weighted by Crippen LogP contribution is -2.34. The van der Waals surface area contributed by atoms with E-state index in [1.807, 2.05) is 11.8 Å². The molecule has 0 saturated heterocycles. The number of amides is 1. The molecule has 7 heteroatoms. The summed E-state index contributed by atoms with van der Waals surface area (Å²) in [6.07, 6.45) is 0.851. The Morgan fingerprint density at radius 2 is 2.11 bits per heavy atom. The summed E-state index contributed by atoms with van der Waals surface area (Å²) >= 11 is 0. The van der Waals surface area contributed by atoms with E-state index in [0.29, 0.717) is 18.1 Å². The van der Waals surface area contributed by atoms with E-state index in [1.54, 1.807) is 13.0 Å². The number of anilines is 1. The Kier molecular flexibility index (Phi) is 3.32. The van der Waals surface area contributed by atoms with E-state index in [4.69, 9.17) is 5.73 Å². The number of sulfonamides is 1. The molecule has 0 unspecified atom stereocenters. The number of fused-ring (bicyclic) bond motifs is 1. The van der Waals surface area contributed by atoms with Gasteiger partial charge in [0.25, 0.3) is 10.0 Å². The van der Waals surface area contributed by atoms with Crippen LogP contribution in [0.1, 0.15) is 30.6 Å². The van der Waals surface area contributed by atoms with Gasteiger partial charge in [0, 0.05) is 12.1 Å². The Balaban J connectivity index is 2.66. The zero-order valence-electron chi connectivity index (χ0n) is 10.8. The van der Waals surface area contributed by atoms with Gasteiger partial charge in [0.1, 0.15) is 10.7 Å². The monoisotopic (exact) mass is 281 g/mol. The predicted octanol–water partition coefficient (Wildman–Crippen LogP) is 1.12. The Labute approximate surface area is 112 Å². The smallest absolute Gasteiger partial charge is 0.286 e. The predicted molar refractivity (Wildman–Crippen MR) is 72.9 cm³/mol. The molecular formula is C12H15N3O3S. The molecule has 0 aromatic heterocycles. The zero-order chi connectivity index (χ0) is 14.2. The lowest BCUT2D eigenvalue weighted by atomic mass is 10.1. The van der Waals surface area contributed by atoms with Gasteiger partial charge in [-0.3, -0.25) is 4.79 Å². The van der Waals surface area contributed by atoms with Gasteiger partial charge in [-0.15, -0.1) is 4.40 Å². The van der Waals surface area contributed by atoms with Crippen LogP contribution in [0.4, 0.5) is 5.69 Å². The number of carbonyl (C=O) groups is 1. The number of hydrogen-bond donors (Lipinski definition) is 1. The minimum absolute atomic E-state index is 0.0304. The van der Waals surface area contributed by atoms with Crippen LogP contribution in [0.5, 0.6) is 0 Å². The molecule has 0 spiro atoms. The normalized spacial score (nSPS) is 16.7. The summed E-state index contributed by atoms with van der Waals surface area (Å²) in [5.74, 6) is -0.229. The van der Waals surface area contributed by atoms with Crippen LogP contribution in [-0.4, -0.2) is 26.7 Å². The standard InChI is InChI=1S/C12H15N3O3S/c1-3-6-15-8(2)14-19(17,18)11-7-9(12(13)16)4-5-10(11)15/h4-5,7H,3,6H2,1-2H3,(H2,13,16). The van der Waals surface area contributed by atoms with Crippen molar-refractivity contribution in [2.75, 3.05) is 11.4 Å². The van der Waals surface area contributed by atoms with Crippen molar-refractivity contribution in [1.29, 1.82) is 0 Å². The van der Waals surface area contributed by atoms with E-state index in [2.05, 4.69) is 4.40 Å². The van der Waals surface area contributed by atoms with E-state index >= 15 is 0 Å². The third kappa shape index (κ3) is 2.33. The first-order valence-corrected chi connectivity index (χ1v) is 7.34. The van der Waals surface area contributed by atoms with Gasteiger partial charge in [0.15, 0.2) is 0 Å². The molecule has 1 aromatic rings. The Hall–Kier alpha value is -1.89. The van der Waals surface area contributed by atoms with Crippen LogP contribution >= 0.6 is 0 Å². The van der Waals surface area contributed by atoms with Gasteiger partial charge in [0.05, 0.1) is 5.69 Å². The molecule has 1 aliphatic heterocycles. The third-order valence-electron chi connectivity index (χ3n) is 2.90. The highest BCUT2D eigenvalue weighted by Crippen LogP contribution is 2.32. The summed E-state index contributed by atoms with van der Waals surface area (Å²) < 4.78 is 27.8. The quantitative estimate of drug-likeness (QED) is 0.898. The van der Waals surface area contributed by atoms with Crippen LogP contribution < -0.4 is 10.6 Å². The summed E-state index contributed by atoms with van der Waals surface area (Å²) in [6.45, 7) is 4.31. The van der Waals surface area contributed by atoms with Crippen molar-refractivity contribution in [3.63, 3.8) is 0 Å². The van der Waals surface area contributed by atoms with Gasteiger partial charge in [-0.1, -0.05) is 6.92 Å². The highest BCUT2D eigenvalue weighted by atomic mass is 32.2. The van der Waals surface area contributed by atoms with Crippen molar-refractivity contribution in [3.8, 4) is 0 Å². The van der Waals surface area contributed by atoms with E-state index < -0.39 is 15.9 Å². The minimum atomic E-state index is -3.76. The number of nitrogens with zero attached hydrogens (tertiary/aromatic N) is 2. The van der Waals surface area contributed by atoms with E-state index in [-0.39, 0.29) is 10.5 Å². The number of rotatable bonds is 3. The molecule has 1 heterocycles. The van der Waals surface area contributed by atoms with Gasteiger partial charge in [-0.05, 0) is 31.5 Å². The number of carbonyl (C=O) groups excluding carboxylic acids is 1. The fourth-order valence-electron chi connectivity index (χ4n) is 2.05. The second-order valence-corrected chi connectivity index (χ2v) is 5.88. The van der Waals surface area contributed by atoms with Gasteiger partial charge in [-0.25, -0.2) is 0 Å². The van der Waals surface area contributed by atoms with Gasteiger partial charge >= 0.3 is 0 Å². The first kappa shape index (κ1) is 13.5. The lowest BCUT2D eigenvalue weighted by Gasteiger charge is -2.29. The molecule has 0 saturated carbocycles. The topological polar surface area (TPSA) is 92.8 Å². The molecule has 0 fully saturated rings. The van der Waals surface area contributed by atoms with Crippen LogP contribution in [0.3, 0.4) is 0 Å². The lowest BCUT2D eigenvalue weighted by molar-refractivity contribution is 0.1000. The van der Waals surface area contributed by atoms with Crippen molar-refractivity contribution in [3.05, 3.63) is 23.8 Å². The largest absolute Gasteiger partial charge is 0.366 e. The fraction of sp³-hybridized carbons (Fsp3) is 0.333. The molecule has 0 aliphatic carbocycles. The third-order valence-corrected chi connectivity index (χ3v) is 4.29. The van der Waals surface area contributed by atoms with Crippen molar-refractivity contribution >= 4 is 27.5 Å². The number of primary amides is 1. The highest BCUT2D eigenvalue weighted by Gasteiger charge is 2.29.